The van der Waals surface area contributed by atoms with Gasteiger partial charge in [-0.15, -0.1) is 0 Å². The predicted molar refractivity (Wildman–Crippen MR) is 93.8 cm³/mol. The maximum Gasteiger partial charge on any atom is 0.291 e. The molecule has 1 aromatic heterocycles. The second-order valence-electron chi connectivity index (χ2n) is 7.07. The zero-order chi connectivity index (χ0) is 17.3. The van der Waals surface area contributed by atoms with Crippen LogP contribution in [0.2, 0.25) is 0 Å². The number of rotatable bonds is 2. The number of aromatic nitrogens is 2. The zero-order valence-electron chi connectivity index (χ0n) is 14.2. The topological polar surface area (TPSA) is 66.3 Å². The Kier molecular flexibility index (Phi) is 4.25. The molecule has 1 aromatic carbocycles. The van der Waals surface area contributed by atoms with E-state index in [9.17, 15) is 9.90 Å². The molecule has 4 rings (SSSR count). The van der Waals surface area contributed by atoms with Gasteiger partial charge >= 0.3 is 0 Å². The summed E-state index contributed by atoms with van der Waals surface area (Å²) in [7, 11) is 0. The lowest BCUT2D eigenvalue weighted by Crippen LogP contribution is -2.59. The van der Waals surface area contributed by atoms with Crippen LogP contribution in [0, 0.1) is 5.92 Å². The Morgan fingerprint density at radius 3 is 2.56 bits per heavy atom. The third-order valence-corrected chi connectivity index (χ3v) is 5.77. The van der Waals surface area contributed by atoms with Crippen molar-refractivity contribution < 1.29 is 9.90 Å². The highest BCUT2D eigenvalue weighted by Crippen LogP contribution is 2.47. The summed E-state index contributed by atoms with van der Waals surface area (Å²) in [5.74, 6) is 0.189. The van der Waals surface area contributed by atoms with Gasteiger partial charge in [-0.1, -0.05) is 43.2 Å². The average molecular weight is 337 g/mol. The number of amides is 1. The van der Waals surface area contributed by atoms with Gasteiger partial charge in [0, 0.05) is 30.9 Å². The van der Waals surface area contributed by atoms with E-state index in [-0.39, 0.29) is 23.7 Å². The first-order valence-electron chi connectivity index (χ1n) is 9.06. The molecule has 130 valence electrons. The molecule has 25 heavy (non-hydrogen) atoms. The van der Waals surface area contributed by atoms with Crippen LogP contribution in [0.15, 0.2) is 48.8 Å². The van der Waals surface area contributed by atoms with E-state index in [0.717, 1.165) is 31.2 Å². The van der Waals surface area contributed by atoms with Gasteiger partial charge in [-0.25, -0.2) is 9.97 Å². The lowest BCUT2D eigenvalue weighted by molar-refractivity contribution is -0.110. The number of aliphatic hydroxyl groups is 1. The first-order valence-corrected chi connectivity index (χ1v) is 9.06. The Labute approximate surface area is 147 Å². The highest BCUT2D eigenvalue weighted by molar-refractivity contribution is 5.90. The molecule has 0 radical (unpaired) electrons. The molecule has 1 N–H and O–H groups in total. The fraction of sp³-hybridized carbons (Fsp3) is 0.450. The number of hydrogen-bond acceptors (Lipinski definition) is 4. The van der Waals surface area contributed by atoms with Gasteiger partial charge in [0.25, 0.3) is 5.91 Å². The molecule has 1 unspecified atom stereocenters. The molecular formula is C20H23N3O2. The minimum atomic E-state index is -0.860. The SMILES string of the molecule is O=C(c1ncccn1)N1CCC(O)(c2ccccc2)[C@H]2CCCC[C@@H]21. The summed E-state index contributed by atoms with van der Waals surface area (Å²) < 4.78 is 0. The number of nitrogens with zero attached hydrogens (tertiary/aromatic N) is 3. The Hall–Kier alpha value is -2.27. The van der Waals surface area contributed by atoms with Crippen molar-refractivity contribution in [3.63, 3.8) is 0 Å². The molecular weight excluding hydrogens is 314 g/mol. The molecule has 1 saturated carbocycles. The predicted octanol–water partition coefficient (Wildman–Crippen LogP) is 2.77. The standard InChI is InChI=1S/C20H23N3O2/c24-19(18-21-12-6-13-22-18)23-14-11-20(25,15-7-2-1-3-8-15)16-9-4-5-10-17(16)23/h1-3,6-8,12-13,16-17,25H,4-5,9-11,14H2/t16-,17-,20?/m0/s1. The minimum Gasteiger partial charge on any atom is -0.385 e. The van der Waals surface area contributed by atoms with E-state index in [1.807, 2.05) is 35.2 Å². The third kappa shape index (κ3) is 2.82. The first-order chi connectivity index (χ1) is 12.2. The van der Waals surface area contributed by atoms with Gasteiger partial charge in [-0.05, 0) is 30.9 Å². The summed E-state index contributed by atoms with van der Waals surface area (Å²) in [6, 6.07) is 11.7. The second-order valence-corrected chi connectivity index (χ2v) is 7.07. The van der Waals surface area contributed by atoms with Crippen molar-refractivity contribution in [1.29, 1.82) is 0 Å². The smallest absolute Gasteiger partial charge is 0.291 e. The number of fused-ring (bicyclic) bond motifs is 1. The van der Waals surface area contributed by atoms with Crippen molar-refractivity contribution >= 4 is 5.91 Å². The number of carbonyl (C=O) groups excluding carboxylic acids is 1. The molecule has 3 atom stereocenters. The van der Waals surface area contributed by atoms with E-state index >= 15 is 0 Å². The van der Waals surface area contributed by atoms with Crippen LogP contribution in [0.3, 0.4) is 0 Å². The van der Waals surface area contributed by atoms with Gasteiger partial charge in [0.15, 0.2) is 0 Å². The van der Waals surface area contributed by atoms with E-state index < -0.39 is 5.60 Å². The molecule has 2 heterocycles. The number of benzene rings is 1. The van der Waals surface area contributed by atoms with Gasteiger partial charge in [0.2, 0.25) is 5.82 Å². The van der Waals surface area contributed by atoms with E-state index in [2.05, 4.69) is 9.97 Å². The van der Waals surface area contributed by atoms with Crippen LogP contribution in [0.1, 0.15) is 48.3 Å². The zero-order valence-corrected chi connectivity index (χ0v) is 14.2. The second kappa shape index (κ2) is 6.56. The van der Waals surface area contributed by atoms with Crippen molar-refractivity contribution in [2.24, 2.45) is 5.92 Å². The van der Waals surface area contributed by atoms with Crippen molar-refractivity contribution in [2.75, 3.05) is 6.54 Å². The summed E-state index contributed by atoms with van der Waals surface area (Å²) in [4.78, 5) is 23.1. The van der Waals surface area contributed by atoms with Crippen molar-refractivity contribution in [3.05, 3.63) is 60.2 Å². The quantitative estimate of drug-likeness (QED) is 0.915. The molecule has 1 amide bonds. The summed E-state index contributed by atoms with van der Waals surface area (Å²) in [5.41, 5.74) is 0.107. The van der Waals surface area contributed by atoms with E-state index in [1.165, 1.54) is 0 Å². The molecule has 2 aliphatic rings. The molecule has 1 aliphatic carbocycles. The van der Waals surface area contributed by atoms with Crippen LogP contribution in [0.5, 0.6) is 0 Å². The van der Waals surface area contributed by atoms with Gasteiger partial charge in [0.1, 0.15) is 0 Å². The summed E-state index contributed by atoms with van der Waals surface area (Å²) in [6.07, 6.45) is 7.81. The number of hydrogen-bond donors (Lipinski definition) is 1. The lowest BCUT2D eigenvalue weighted by Gasteiger charge is -2.52. The van der Waals surface area contributed by atoms with Gasteiger partial charge in [-0.2, -0.15) is 0 Å². The van der Waals surface area contributed by atoms with E-state index in [0.29, 0.717) is 13.0 Å². The maximum atomic E-state index is 12.9. The van der Waals surface area contributed by atoms with Crippen molar-refractivity contribution in [3.8, 4) is 0 Å². The molecule has 5 heteroatoms. The van der Waals surface area contributed by atoms with Crippen molar-refractivity contribution in [2.45, 2.75) is 43.7 Å². The minimum absolute atomic E-state index is 0.0454. The Morgan fingerprint density at radius 1 is 1.08 bits per heavy atom. The Morgan fingerprint density at radius 2 is 1.80 bits per heavy atom. The highest BCUT2D eigenvalue weighted by atomic mass is 16.3. The van der Waals surface area contributed by atoms with Crippen LogP contribution in [-0.4, -0.2) is 38.5 Å². The monoisotopic (exact) mass is 337 g/mol. The molecule has 5 nitrogen and oxygen atoms in total. The van der Waals surface area contributed by atoms with Crippen LogP contribution in [0.4, 0.5) is 0 Å². The summed E-state index contributed by atoms with van der Waals surface area (Å²) >= 11 is 0. The number of likely N-dealkylation sites (tertiary alicyclic amines) is 1. The molecule has 1 aliphatic heterocycles. The highest BCUT2D eigenvalue weighted by Gasteiger charge is 2.50. The fourth-order valence-electron chi connectivity index (χ4n) is 4.56. The van der Waals surface area contributed by atoms with E-state index in [1.54, 1.807) is 18.5 Å². The van der Waals surface area contributed by atoms with Gasteiger partial charge < -0.3 is 10.0 Å². The third-order valence-electron chi connectivity index (χ3n) is 5.77. The van der Waals surface area contributed by atoms with Gasteiger partial charge in [-0.3, -0.25) is 4.79 Å². The van der Waals surface area contributed by atoms with Gasteiger partial charge in [0.05, 0.1) is 5.60 Å². The van der Waals surface area contributed by atoms with E-state index in [4.69, 9.17) is 0 Å². The van der Waals surface area contributed by atoms with Crippen LogP contribution in [0.25, 0.3) is 0 Å². The van der Waals surface area contributed by atoms with Crippen molar-refractivity contribution in [1.82, 2.24) is 14.9 Å². The summed E-state index contributed by atoms with van der Waals surface area (Å²) in [6.45, 7) is 0.531. The number of carbonyl (C=O) groups is 1. The van der Waals surface area contributed by atoms with Crippen LogP contribution >= 0.6 is 0 Å². The summed E-state index contributed by atoms with van der Waals surface area (Å²) in [5, 5.41) is 11.5. The normalized spacial score (nSPS) is 29.1. The van der Waals surface area contributed by atoms with Crippen LogP contribution < -0.4 is 0 Å². The Balaban J connectivity index is 1.66. The fourth-order valence-corrected chi connectivity index (χ4v) is 4.56. The first kappa shape index (κ1) is 16.2. The molecule has 1 saturated heterocycles. The molecule has 2 aromatic rings. The van der Waals surface area contributed by atoms with Crippen LogP contribution in [-0.2, 0) is 5.60 Å². The average Bonchev–Trinajstić information content (AvgIpc) is 2.69. The number of piperidine rings is 1. The molecule has 0 bridgehead atoms. The molecule has 2 fully saturated rings. The molecule has 0 spiro atoms. The lowest BCUT2D eigenvalue weighted by atomic mass is 9.66. The Bertz CT molecular complexity index is 737. The maximum absolute atomic E-state index is 12.9. The largest absolute Gasteiger partial charge is 0.385 e.